The van der Waals surface area contributed by atoms with Gasteiger partial charge in [-0.15, -0.1) is 0 Å². The van der Waals surface area contributed by atoms with Crippen molar-refractivity contribution in [3.05, 3.63) is 29.3 Å². The van der Waals surface area contributed by atoms with Gasteiger partial charge in [-0.3, -0.25) is 4.79 Å². The minimum absolute atomic E-state index is 0.115. The van der Waals surface area contributed by atoms with E-state index in [2.05, 4.69) is 38.2 Å². The molecule has 2 N–H and O–H groups in total. The summed E-state index contributed by atoms with van der Waals surface area (Å²) >= 11 is 0. The van der Waals surface area contributed by atoms with E-state index in [4.69, 9.17) is 9.84 Å². The first kappa shape index (κ1) is 16.5. The molecule has 0 amide bonds. The number of carbonyl (C=O) groups is 1. The standard InChI is InChI=1S/C16H25NO3/c1-11-10-12(16(2,3)4)6-7-14(11)20-9-8-13(17-5)15(18)19/h6-7,10,13,17H,8-9H2,1-5H3,(H,18,19). The number of ether oxygens (including phenoxy) is 1. The molecule has 1 unspecified atom stereocenters. The van der Waals surface area contributed by atoms with Gasteiger partial charge in [0.15, 0.2) is 0 Å². The number of hydrogen-bond acceptors (Lipinski definition) is 3. The lowest BCUT2D eigenvalue weighted by molar-refractivity contribution is -0.139. The Hall–Kier alpha value is -1.55. The molecule has 0 bridgehead atoms. The largest absolute Gasteiger partial charge is 0.493 e. The van der Waals surface area contributed by atoms with Crippen LogP contribution < -0.4 is 10.1 Å². The Balaban J connectivity index is 2.64. The highest BCUT2D eigenvalue weighted by molar-refractivity contribution is 5.73. The number of benzene rings is 1. The Kier molecular flexibility index (Phi) is 5.57. The van der Waals surface area contributed by atoms with E-state index >= 15 is 0 Å². The molecule has 4 heteroatoms. The van der Waals surface area contributed by atoms with E-state index in [1.165, 1.54) is 5.56 Å². The van der Waals surface area contributed by atoms with Gasteiger partial charge in [0, 0.05) is 6.42 Å². The molecule has 1 atom stereocenters. The lowest BCUT2D eigenvalue weighted by Gasteiger charge is -2.21. The zero-order valence-electron chi connectivity index (χ0n) is 13.0. The summed E-state index contributed by atoms with van der Waals surface area (Å²) < 4.78 is 5.68. The van der Waals surface area contributed by atoms with E-state index in [0.29, 0.717) is 13.0 Å². The normalized spacial score (nSPS) is 13.1. The molecule has 0 radical (unpaired) electrons. The van der Waals surface area contributed by atoms with Crippen molar-refractivity contribution in [1.82, 2.24) is 5.32 Å². The quantitative estimate of drug-likeness (QED) is 0.840. The summed E-state index contributed by atoms with van der Waals surface area (Å²) in [7, 11) is 1.64. The van der Waals surface area contributed by atoms with Crippen molar-refractivity contribution in [3.8, 4) is 5.75 Å². The van der Waals surface area contributed by atoms with Crippen LogP contribution in [0.15, 0.2) is 18.2 Å². The minimum atomic E-state index is -0.851. The molecule has 4 nitrogen and oxygen atoms in total. The van der Waals surface area contributed by atoms with Crippen molar-refractivity contribution in [2.75, 3.05) is 13.7 Å². The molecule has 112 valence electrons. The van der Waals surface area contributed by atoms with Gasteiger partial charge in [-0.1, -0.05) is 32.9 Å². The van der Waals surface area contributed by atoms with E-state index in [1.807, 2.05) is 13.0 Å². The van der Waals surface area contributed by atoms with Crippen LogP contribution >= 0.6 is 0 Å². The number of carboxylic acid groups (broad SMARTS) is 1. The molecule has 1 aromatic carbocycles. The van der Waals surface area contributed by atoms with Crippen molar-refractivity contribution in [2.45, 2.75) is 45.6 Å². The van der Waals surface area contributed by atoms with E-state index in [1.54, 1.807) is 7.05 Å². The Morgan fingerprint density at radius 3 is 2.50 bits per heavy atom. The van der Waals surface area contributed by atoms with Crippen LogP contribution in [0.25, 0.3) is 0 Å². The van der Waals surface area contributed by atoms with Crippen LogP contribution in [-0.2, 0) is 10.2 Å². The number of nitrogens with one attached hydrogen (secondary N) is 1. The lowest BCUT2D eigenvalue weighted by Crippen LogP contribution is -2.35. The van der Waals surface area contributed by atoms with Gasteiger partial charge < -0.3 is 15.2 Å². The average Bonchev–Trinajstić information content (AvgIpc) is 2.34. The molecule has 0 aliphatic carbocycles. The van der Waals surface area contributed by atoms with Gasteiger partial charge in [0.25, 0.3) is 0 Å². The lowest BCUT2D eigenvalue weighted by atomic mass is 9.86. The van der Waals surface area contributed by atoms with E-state index in [-0.39, 0.29) is 5.41 Å². The molecule has 0 aliphatic heterocycles. The third kappa shape index (κ3) is 4.53. The van der Waals surface area contributed by atoms with E-state index in [0.717, 1.165) is 11.3 Å². The van der Waals surface area contributed by atoms with Crippen LogP contribution in [0.3, 0.4) is 0 Å². The van der Waals surface area contributed by atoms with Crippen LogP contribution in [0, 0.1) is 6.92 Å². The van der Waals surface area contributed by atoms with Crippen LogP contribution in [0.2, 0.25) is 0 Å². The van der Waals surface area contributed by atoms with Gasteiger partial charge in [0.05, 0.1) is 6.61 Å². The fourth-order valence-corrected chi connectivity index (χ4v) is 1.96. The third-order valence-corrected chi connectivity index (χ3v) is 3.35. The molecular weight excluding hydrogens is 254 g/mol. The Morgan fingerprint density at radius 1 is 1.40 bits per heavy atom. The number of aliphatic carboxylic acids is 1. The highest BCUT2D eigenvalue weighted by Crippen LogP contribution is 2.27. The Labute approximate surface area is 121 Å². The molecule has 0 saturated carbocycles. The first-order chi connectivity index (χ1) is 9.25. The molecule has 1 aromatic rings. The molecule has 0 fully saturated rings. The molecule has 1 rings (SSSR count). The second-order valence-corrected chi connectivity index (χ2v) is 6.05. The first-order valence-electron chi connectivity index (χ1n) is 6.89. The maximum absolute atomic E-state index is 10.9. The fraction of sp³-hybridized carbons (Fsp3) is 0.562. The molecule has 0 heterocycles. The molecular formula is C16H25NO3. The number of carboxylic acids is 1. The molecule has 0 aromatic heterocycles. The second kappa shape index (κ2) is 6.75. The van der Waals surface area contributed by atoms with E-state index in [9.17, 15) is 4.79 Å². The number of aryl methyl sites for hydroxylation is 1. The maximum Gasteiger partial charge on any atom is 0.320 e. The van der Waals surface area contributed by atoms with Gasteiger partial charge in [0.1, 0.15) is 11.8 Å². The monoisotopic (exact) mass is 279 g/mol. The van der Waals surface area contributed by atoms with Crippen molar-refractivity contribution >= 4 is 5.97 Å². The molecule has 0 saturated heterocycles. The number of rotatable bonds is 6. The van der Waals surface area contributed by atoms with Crippen LogP contribution in [0.5, 0.6) is 5.75 Å². The first-order valence-corrected chi connectivity index (χ1v) is 6.89. The van der Waals surface area contributed by atoms with Gasteiger partial charge in [-0.25, -0.2) is 0 Å². The van der Waals surface area contributed by atoms with E-state index < -0.39 is 12.0 Å². The number of likely N-dealkylation sites (N-methyl/N-ethyl adjacent to an activating group) is 1. The van der Waals surface area contributed by atoms with Crippen molar-refractivity contribution in [1.29, 1.82) is 0 Å². The fourth-order valence-electron chi connectivity index (χ4n) is 1.96. The summed E-state index contributed by atoms with van der Waals surface area (Å²) in [5.74, 6) is -0.0332. The second-order valence-electron chi connectivity index (χ2n) is 6.05. The molecule has 0 spiro atoms. The summed E-state index contributed by atoms with van der Waals surface area (Å²) in [5.41, 5.74) is 2.46. The van der Waals surface area contributed by atoms with Crippen LogP contribution in [0.1, 0.15) is 38.3 Å². The summed E-state index contributed by atoms with van der Waals surface area (Å²) in [4.78, 5) is 10.9. The van der Waals surface area contributed by atoms with Crippen LogP contribution in [0.4, 0.5) is 0 Å². The van der Waals surface area contributed by atoms with Crippen molar-refractivity contribution in [2.24, 2.45) is 0 Å². The Bertz CT molecular complexity index is 463. The zero-order chi connectivity index (χ0) is 15.3. The predicted octanol–water partition coefficient (Wildman–Crippen LogP) is 2.73. The average molecular weight is 279 g/mol. The number of hydrogen-bond donors (Lipinski definition) is 2. The summed E-state index contributed by atoms with van der Waals surface area (Å²) in [6, 6.07) is 5.59. The van der Waals surface area contributed by atoms with Gasteiger partial charge in [-0.05, 0) is 36.6 Å². The summed E-state index contributed by atoms with van der Waals surface area (Å²) in [5, 5.41) is 11.7. The van der Waals surface area contributed by atoms with Crippen molar-refractivity contribution in [3.63, 3.8) is 0 Å². The molecule has 0 aliphatic rings. The maximum atomic E-state index is 10.9. The van der Waals surface area contributed by atoms with Gasteiger partial charge >= 0.3 is 5.97 Å². The zero-order valence-corrected chi connectivity index (χ0v) is 13.0. The topological polar surface area (TPSA) is 58.6 Å². The van der Waals surface area contributed by atoms with Crippen LogP contribution in [-0.4, -0.2) is 30.8 Å². The highest BCUT2D eigenvalue weighted by Gasteiger charge is 2.16. The SMILES string of the molecule is CNC(CCOc1ccc(C(C)(C)C)cc1C)C(=O)O. The summed E-state index contributed by atoms with van der Waals surface area (Å²) in [6.07, 6.45) is 0.437. The summed E-state index contributed by atoms with van der Waals surface area (Å²) in [6.45, 7) is 8.91. The van der Waals surface area contributed by atoms with Crippen molar-refractivity contribution < 1.29 is 14.6 Å². The minimum Gasteiger partial charge on any atom is -0.493 e. The molecule has 20 heavy (non-hydrogen) atoms. The smallest absolute Gasteiger partial charge is 0.320 e. The van der Waals surface area contributed by atoms with Gasteiger partial charge in [0.2, 0.25) is 0 Å². The van der Waals surface area contributed by atoms with Gasteiger partial charge in [-0.2, -0.15) is 0 Å². The third-order valence-electron chi connectivity index (χ3n) is 3.35. The highest BCUT2D eigenvalue weighted by atomic mass is 16.5. The Morgan fingerprint density at radius 2 is 2.05 bits per heavy atom. The predicted molar refractivity (Wildman–Crippen MR) is 80.5 cm³/mol.